The molecule has 2 aromatic rings. The number of hydrogen-bond donors (Lipinski definition) is 2. The normalized spacial score (nSPS) is 10.2. The number of anilines is 1. The van der Waals surface area contributed by atoms with Gasteiger partial charge >= 0.3 is 0 Å². The van der Waals surface area contributed by atoms with Gasteiger partial charge in [0.05, 0.1) is 8.45 Å². The zero-order valence-electron chi connectivity index (χ0n) is 11.0. The average molecular weight is 400 g/mol. The van der Waals surface area contributed by atoms with Crippen molar-refractivity contribution in [1.82, 2.24) is 5.32 Å². The Kier molecular flexibility index (Phi) is 4.77. The summed E-state index contributed by atoms with van der Waals surface area (Å²) in [6, 6.07) is 7.04. The fraction of sp³-hybridized carbons (Fsp3) is 0.143. The molecule has 0 bridgehead atoms. The number of thiophene rings is 1. The zero-order valence-corrected chi connectivity index (χ0v) is 14.0. The van der Waals surface area contributed by atoms with Crippen molar-refractivity contribution < 1.29 is 9.59 Å². The largest absolute Gasteiger partial charge is 0.355 e. The van der Waals surface area contributed by atoms with Crippen LogP contribution in [-0.2, 0) is 0 Å². The smallest absolute Gasteiger partial charge is 0.256 e. The molecule has 0 fully saturated rings. The van der Waals surface area contributed by atoms with Gasteiger partial charge in [-0.2, -0.15) is 0 Å². The molecule has 1 heterocycles. The van der Waals surface area contributed by atoms with E-state index in [9.17, 15) is 9.59 Å². The molecule has 20 heavy (non-hydrogen) atoms. The number of carbonyl (C=O) groups is 2. The van der Waals surface area contributed by atoms with Gasteiger partial charge in [0.2, 0.25) is 0 Å². The van der Waals surface area contributed by atoms with Crippen LogP contribution in [0.4, 0.5) is 5.69 Å². The standard InChI is InChI=1S/C14H13IN2O2S/c1-8-5-9(13(18)16-2)3-4-11(8)17-14(19)10-6-12(15)20-7-10/h3-7H,1-2H3,(H,16,18)(H,17,19). The predicted octanol–water partition coefficient (Wildman–Crippen LogP) is 3.27. The Morgan fingerprint density at radius 3 is 2.45 bits per heavy atom. The van der Waals surface area contributed by atoms with Crippen LogP contribution < -0.4 is 10.6 Å². The van der Waals surface area contributed by atoms with Crippen LogP contribution in [0.15, 0.2) is 29.6 Å². The highest BCUT2D eigenvalue weighted by Gasteiger charge is 2.11. The van der Waals surface area contributed by atoms with Gasteiger partial charge in [-0.25, -0.2) is 0 Å². The van der Waals surface area contributed by atoms with Crippen molar-refractivity contribution >= 4 is 51.4 Å². The van der Waals surface area contributed by atoms with Gasteiger partial charge < -0.3 is 10.6 Å². The number of hydrogen-bond acceptors (Lipinski definition) is 3. The van der Waals surface area contributed by atoms with Gasteiger partial charge in [0.1, 0.15) is 0 Å². The molecule has 2 rings (SSSR count). The van der Waals surface area contributed by atoms with Crippen molar-refractivity contribution in [3.63, 3.8) is 0 Å². The third-order valence-electron chi connectivity index (χ3n) is 2.79. The van der Waals surface area contributed by atoms with Crippen LogP contribution >= 0.6 is 33.9 Å². The Hall–Kier alpha value is -1.41. The van der Waals surface area contributed by atoms with Crippen LogP contribution in [0.25, 0.3) is 0 Å². The van der Waals surface area contributed by atoms with Crippen molar-refractivity contribution in [2.45, 2.75) is 6.92 Å². The molecular weight excluding hydrogens is 387 g/mol. The highest BCUT2D eigenvalue weighted by Crippen LogP contribution is 2.20. The Labute approximate surface area is 134 Å². The Bertz CT molecular complexity index is 667. The lowest BCUT2D eigenvalue weighted by molar-refractivity contribution is 0.0962. The number of benzene rings is 1. The minimum absolute atomic E-state index is 0.139. The molecule has 104 valence electrons. The lowest BCUT2D eigenvalue weighted by Crippen LogP contribution is -2.18. The second-order valence-corrected chi connectivity index (χ2v) is 7.01. The molecule has 2 N–H and O–H groups in total. The van der Waals surface area contributed by atoms with E-state index in [1.807, 2.05) is 18.4 Å². The zero-order chi connectivity index (χ0) is 14.7. The van der Waals surface area contributed by atoms with Crippen LogP contribution in [0.5, 0.6) is 0 Å². The second kappa shape index (κ2) is 6.36. The first-order chi connectivity index (χ1) is 9.51. The Morgan fingerprint density at radius 1 is 1.15 bits per heavy atom. The Morgan fingerprint density at radius 2 is 1.90 bits per heavy atom. The minimum atomic E-state index is -0.140. The molecule has 0 aliphatic heterocycles. The number of nitrogens with one attached hydrogen (secondary N) is 2. The van der Waals surface area contributed by atoms with Gasteiger partial charge in [-0.3, -0.25) is 9.59 Å². The molecule has 1 aromatic heterocycles. The number of halogens is 1. The average Bonchev–Trinajstić information content (AvgIpc) is 2.86. The van der Waals surface area contributed by atoms with Crippen LogP contribution in [0.2, 0.25) is 0 Å². The van der Waals surface area contributed by atoms with Crippen LogP contribution in [0.3, 0.4) is 0 Å². The molecule has 0 saturated heterocycles. The van der Waals surface area contributed by atoms with Crippen molar-refractivity contribution in [2.75, 3.05) is 12.4 Å². The molecule has 1 aromatic carbocycles. The lowest BCUT2D eigenvalue weighted by Gasteiger charge is -2.09. The number of amides is 2. The maximum atomic E-state index is 12.1. The molecule has 0 radical (unpaired) electrons. The first kappa shape index (κ1) is 15.0. The predicted molar refractivity (Wildman–Crippen MR) is 89.6 cm³/mol. The summed E-state index contributed by atoms with van der Waals surface area (Å²) in [4.78, 5) is 23.6. The summed E-state index contributed by atoms with van der Waals surface area (Å²) in [6.07, 6.45) is 0. The van der Waals surface area contributed by atoms with Gasteiger partial charge in [0.15, 0.2) is 0 Å². The first-order valence-electron chi connectivity index (χ1n) is 5.89. The third-order valence-corrected chi connectivity index (χ3v) is 4.58. The van der Waals surface area contributed by atoms with E-state index < -0.39 is 0 Å². The van der Waals surface area contributed by atoms with Gasteiger partial charge in [-0.05, 0) is 59.3 Å². The number of rotatable bonds is 3. The highest BCUT2D eigenvalue weighted by atomic mass is 127. The third kappa shape index (κ3) is 3.37. The summed E-state index contributed by atoms with van der Waals surface area (Å²) in [5.74, 6) is -0.279. The molecule has 0 aliphatic carbocycles. The van der Waals surface area contributed by atoms with Crippen LogP contribution in [-0.4, -0.2) is 18.9 Å². The summed E-state index contributed by atoms with van der Waals surface area (Å²) in [5, 5.41) is 7.25. The van der Waals surface area contributed by atoms with Gasteiger partial charge in [-0.1, -0.05) is 0 Å². The van der Waals surface area contributed by atoms with E-state index in [4.69, 9.17) is 0 Å². The van der Waals surface area contributed by atoms with E-state index in [0.717, 1.165) is 8.45 Å². The fourth-order valence-corrected chi connectivity index (χ4v) is 3.04. The number of carbonyl (C=O) groups excluding carboxylic acids is 2. The molecule has 0 unspecified atom stereocenters. The quantitative estimate of drug-likeness (QED) is 0.778. The van der Waals surface area contributed by atoms with E-state index in [2.05, 4.69) is 33.2 Å². The molecule has 2 amide bonds. The van der Waals surface area contributed by atoms with E-state index >= 15 is 0 Å². The molecule has 0 spiro atoms. The Balaban J connectivity index is 2.18. The molecular formula is C14H13IN2O2S. The second-order valence-electron chi connectivity index (χ2n) is 4.20. The summed E-state index contributed by atoms with van der Waals surface area (Å²) >= 11 is 3.71. The molecule has 0 saturated carbocycles. The van der Waals surface area contributed by atoms with Gasteiger partial charge in [0.25, 0.3) is 11.8 Å². The minimum Gasteiger partial charge on any atom is -0.355 e. The summed E-state index contributed by atoms with van der Waals surface area (Å²) < 4.78 is 1.07. The maximum absolute atomic E-state index is 12.1. The van der Waals surface area contributed by atoms with Crippen molar-refractivity contribution in [3.8, 4) is 0 Å². The molecule has 6 heteroatoms. The van der Waals surface area contributed by atoms with Crippen molar-refractivity contribution in [2.24, 2.45) is 0 Å². The van der Waals surface area contributed by atoms with Crippen LogP contribution in [0.1, 0.15) is 26.3 Å². The lowest BCUT2D eigenvalue weighted by atomic mass is 10.1. The molecule has 4 nitrogen and oxygen atoms in total. The summed E-state index contributed by atoms with van der Waals surface area (Å²) in [7, 11) is 1.59. The van der Waals surface area contributed by atoms with Crippen molar-refractivity contribution in [3.05, 3.63) is 49.2 Å². The van der Waals surface area contributed by atoms with Gasteiger partial charge in [-0.15, -0.1) is 11.3 Å². The molecule has 0 atom stereocenters. The highest BCUT2D eigenvalue weighted by molar-refractivity contribution is 14.1. The number of aryl methyl sites for hydroxylation is 1. The van der Waals surface area contributed by atoms with E-state index in [-0.39, 0.29) is 11.8 Å². The maximum Gasteiger partial charge on any atom is 0.256 e. The monoisotopic (exact) mass is 400 g/mol. The summed E-state index contributed by atoms with van der Waals surface area (Å²) in [6.45, 7) is 1.86. The van der Waals surface area contributed by atoms with E-state index in [0.29, 0.717) is 16.8 Å². The topological polar surface area (TPSA) is 58.2 Å². The van der Waals surface area contributed by atoms with E-state index in [1.165, 1.54) is 11.3 Å². The van der Waals surface area contributed by atoms with Gasteiger partial charge in [0, 0.05) is 23.7 Å². The van der Waals surface area contributed by atoms with Crippen molar-refractivity contribution in [1.29, 1.82) is 0 Å². The molecule has 0 aliphatic rings. The van der Waals surface area contributed by atoms with Crippen LogP contribution in [0, 0.1) is 9.81 Å². The fourth-order valence-electron chi connectivity index (χ4n) is 1.71. The van der Waals surface area contributed by atoms with E-state index in [1.54, 1.807) is 25.2 Å². The SMILES string of the molecule is CNC(=O)c1ccc(NC(=O)c2csc(I)c2)c(C)c1. The summed E-state index contributed by atoms with van der Waals surface area (Å²) in [5.41, 5.74) is 2.79. The first-order valence-corrected chi connectivity index (χ1v) is 7.85.